The van der Waals surface area contributed by atoms with Gasteiger partial charge in [-0.15, -0.1) is 0 Å². The molecule has 1 aliphatic rings. The molecule has 0 saturated carbocycles. The Labute approximate surface area is 187 Å². The van der Waals surface area contributed by atoms with Crippen molar-refractivity contribution in [1.29, 1.82) is 5.26 Å². The summed E-state index contributed by atoms with van der Waals surface area (Å²) in [6.07, 6.45) is 5.04. The standard InChI is InChI=1S/C23H16ClF2N5O/c24-18-7-17(31-2-1-15-6-19(25)20(26)8-21(15)31)5-16-13-30(3-4-32-23(16)18)12-14-10-28-22(9-27)29-11-14/h1-2,5-8,10-11H,3-4,12-13H2. The van der Waals surface area contributed by atoms with Gasteiger partial charge in [0.2, 0.25) is 5.82 Å². The lowest BCUT2D eigenvalue weighted by Gasteiger charge is -2.19. The largest absolute Gasteiger partial charge is 0.490 e. The number of hydrogen-bond acceptors (Lipinski definition) is 5. The van der Waals surface area contributed by atoms with Crippen LogP contribution in [0, 0.1) is 23.0 Å². The quantitative estimate of drug-likeness (QED) is 0.454. The molecule has 0 fully saturated rings. The fraction of sp³-hybridized carbons (Fsp3) is 0.174. The van der Waals surface area contributed by atoms with Crippen LogP contribution in [0.3, 0.4) is 0 Å². The molecule has 0 saturated heterocycles. The van der Waals surface area contributed by atoms with Crippen molar-refractivity contribution in [3.05, 3.63) is 82.5 Å². The number of nitrogens with zero attached hydrogens (tertiary/aromatic N) is 5. The van der Waals surface area contributed by atoms with Crippen LogP contribution in [0.2, 0.25) is 5.02 Å². The first kappa shape index (κ1) is 20.4. The highest BCUT2D eigenvalue weighted by molar-refractivity contribution is 6.32. The minimum Gasteiger partial charge on any atom is -0.490 e. The number of nitriles is 1. The lowest BCUT2D eigenvalue weighted by molar-refractivity contribution is 0.219. The fourth-order valence-corrected chi connectivity index (χ4v) is 4.18. The molecule has 2 aromatic heterocycles. The number of benzene rings is 2. The van der Waals surface area contributed by atoms with Gasteiger partial charge >= 0.3 is 0 Å². The van der Waals surface area contributed by atoms with E-state index in [-0.39, 0.29) is 5.82 Å². The van der Waals surface area contributed by atoms with Crippen LogP contribution in [0.25, 0.3) is 16.6 Å². The molecule has 0 atom stereocenters. The van der Waals surface area contributed by atoms with E-state index in [1.807, 2.05) is 12.1 Å². The second-order valence-electron chi connectivity index (χ2n) is 7.51. The normalized spacial score (nSPS) is 13.9. The first-order valence-corrected chi connectivity index (χ1v) is 10.2. The highest BCUT2D eigenvalue weighted by atomic mass is 35.5. The average Bonchev–Trinajstić information content (AvgIpc) is 3.06. The first-order valence-electron chi connectivity index (χ1n) is 9.87. The van der Waals surface area contributed by atoms with Crippen molar-refractivity contribution >= 4 is 22.5 Å². The summed E-state index contributed by atoms with van der Waals surface area (Å²) in [5.74, 6) is -1.05. The van der Waals surface area contributed by atoms with Crippen LogP contribution in [0.4, 0.5) is 8.78 Å². The maximum atomic E-state index is 13.9. The molecule has 6 nitrogen and oxygen atoms in total. The summed E-state index contributed by atoms with van der Waals surface area (Å²) < 4.78 is 35.2. The monoisotopic (exact) mass is 451 g/mol. The van der Waals surface area contributed by atoms with Gasteiger partial charge in [0.25, 0.3) is 0 Å². The molecule has 0 aliphatic carbocycles. The van der Waals surface area contributed by atoms with Crippen LogP contribution in [-0.2, 0) is 13.1 Å². The smallest absolute Gasteiger partial charge is 0.232 e. The molecule has 4 aromatic rings. The Kier molecular flexibility index (Phi) is 5.21. The van der Waals surface area contributed by atoms with E-state index >= 15 is 0 Å². The molecule has 160 valence electrons. The summed E-state index contributed by atoms with van der Waals surface area (Å²) in [6, 6.07) is 9.69. The maximum absolute atomic E-state index is 13.9. The number of hydrogen-bond donors (Lipinski definition) is 0. The number of halogens is 3. The molecule has 32 heavy (non-hydrogen) atoms. The van der Waals surface area contributed by atoms with E-state index in [2.05, 4.69) is 14.9 Å². The molecule has 0 radical (unpaired) electrons. The number of fused-ring (bicyclic) bond motifs is 2. The minimum atomic E-state index is -0.905. The summed E-state index contributed by atoms with van der Waals surface area (Å²) in [4.78, 5) is 10.2. The zero-order chi connectivity index (χ0) is 22.2. The molecule has 5 rings (SSSR count). The maximum Gasteiger partial charge on any atom is 0.232 e. The predicted molar refractivity (Wildman–Crippen MR) is 115 cm³/mol. The Morgan fingerprint density at radius 3 is 2.69 bits per heavy atom. The third-order valence-electron chi connectivity index (χ3n) is 5.38. The van der Waals surface area contributed by atoms with Gasteiger partial charge in [0.1, 0.15) is 18.4 Å². The highest BCUT2D eigenvalue weighted by Gasteiger charge is 2.20. The Morgan fingerprint density at radius 2 is 1.91 bits per heavy atom. The Bertz CT molecular complexity index is 1360. The van der Waals surface area contributed by atoms with Gasteiger partial charge in [0, 0.05) is 66.5 Å². The SMILES string of the molecule is N#Cc1ncc(CN2CCOc3c(Cl)cc(-n4ccc5cc(F)c(F)cc54)cc3C2)cn1. The summed E-state index contributed by atoms with van der Waals surface area (Å²) in [6.45, 7) is 2.26. The van der Waals surface area contributed by atoms with Gasteiger partial charge in [-0.25, -0.2) is 18.7 Å². The second-order valence-corrected chi connectivity index (χ2v) is 7.92. The Balaban J connectivity index is 1.49. The van der Waals surface area contributed by atoms with Crippen molar-refractivity contribution in [2.75, 3.05) is 13.2 Å². The lowest BCUT2D eigenvalue weighted by atomic mass is 10.1. The number of ether oxygens (including phenoxy) is 1. The van der Waals surface area contributed by atoms with E-state index in [1.165, 1.54) is 12.1 Å². The third kappa shape index (κ3) is 3.77. The van der Waals surface area contributed by atoms with Gasteiger partial charge < -0.3 is 9.30 Å². The summed E-state index contributed by atoms with van der Waals surface area (Å²) in [5, 5.41) is 9.91. The van der Waals surface area contributed by atoms with Crippen molar-refractivity contribution in [2.24, 2.45) is 0 Å². The van der Waals surface area contributed by atoms with Crippen molar-refractivity contribution in [3.63, 3.8) is 0 Å². The molecule has 0 N–H and O–H groups in total. The van der Waals surface area contributed by atoms with Crippen LogP contribution in [0.15, 0.2) is 48.9 Å². The molecule has 1 aliphatic heterocycles. The van der Waals surface area contributed by atoms with E-state index in [4.69, 9.17) is 21.6 Å². The molecule has 2 aromatic carbocycles. The number of aromatic nitrogens is 3. The van der Waals surface area contributed by atoms with Crippen LogP contribution in [-0.4, -0.2) is 32.6 Å². The van der Waals surface area contributed by atoms with Gasteiger partial charge in [-0.2, -0.15) is 5.26 Å². The van der Waals surface area contributed by atoms with Crippen LogP contribution >= 0.6 is 11.6 Å². The zero-order valence-electron chi connectivity index (χ0n) is 16.7. The Hall–Kier alpha value is -3.54. The number of rotatable bonds is 3. The van der Waals surface area contributed by atoms with Gasteiger partial charge in [-0.3, -0.25) is 4.90 Å². The summed E-state index contributed by atoms with van der Waals surface area (Å²) in [5.41, 5.74) is 3.02. The van der Waals surface area contributed by atoms with E-state index in [0.717, 1.165) is 16.8 Å². The fourth-order valence-electron chi connectivity index (χ4n) is 3.89. The van der Waals surface area contributed by atoms with Gasteiger partial charge in [0.05, 0.1) is 10.5 Å². The third-order valence-corrected chi connectivity index (χ3v) is 5.66. The molecular weight excluding hydrogens is 436 g/mol. The Morgan fingerprint density at radius 1 is 1.12 bits per heavy atom. The van der Waals surface area contributed by atoms with Crippen molar-refractivity contribution < 1.29 is 13.5 Å². The molecular formula is C23H16ClF2N5O. The highest BCUT2D eigenvalue weighted by Crippen LogP contribution is 2.35. The molecule has 0 spiro atoms. The molecule has 3 heterocycles. The van der Waals surface area contributed by atoms with Crippen LogP contribution in [0.1, 0.15) is 17.0 Å². The van der Waals surface area contributed by atoms with E-state index < -0.39 is 11.6 Å². The van der Waals surface area contributed by atoms with E-state index in [1.54, 1.807) is 35.3 Å². The topological polar surface area (TPSA) is 67.0 Å². The predicted octanol–water partition coefficient (Wildman–Crippen LogP) is 4.62. The van der Waals surface area contributed by atoms with Crippen molar-refractivity contribution in [1.82, 2.24) is 19.4 Å². The van der Waals surface area contributed by atoms with Gasteiger partial charge in [-0.05, 0) is 24.3 Å². The summed E-state index contributed by atoms with van der Waals surface area (Å²) in [7, 11) is 0. The molecule has 0 unspecified atom stereocenters. The zero-order valence-corrected chi connectivity index (χ0v) is 17.5. The molecule has 0 bridgehead atoms. The lowest BCUT2D eigenvalue weighted by Crippen LogP contribution is -2.25. The van der Waals surface area contributed by atoms with E-state index in [9.17, 15) is 8.78 Å². The van der Waals surface area contributed by atoms with Gasteiger partial charge in [0.15, 0.2) is 11.6 Å². The van der Waals surface area contributed by atoms with E-state index in [0.29, 0.717) is 47.9 Å². The minimum absolute atomic E-state index is 0.130. The van der Waals surface area contributed by atoms with Crippen LogP contribution in [0.5, 0.6) is 5.75 Å². The van der Waals surface area contributed by atoms with Crippen molar-refractivity contribution in [2.45, 2.75) is 13.1 Å². The second kappa shape index (κ2) is 8.19. The van der Waals surface area contributed by atoms with Crippen LogP contribution < -0.4 is 4.74 Å². The molecule has 9 heteroatoms. The molecule has 0 amide bonds. The van der Waals surface area contributed by atoms with Crippen molar-refractivity contribution in [3.8, 4) is 17.5 Å². The average molecular weight is 452 g/mol. The summed E-state index contributed by atoms with van der Waals surface area (Å²) >= 11 is 6.54. The van der Waals surface area contributed by atoms with Gasteiger partial charge in [-0.1, -0.05) is 11.6 Å². The first-order chi connectivity index (χ1) is 15.5.